The van der Waals surface area contributed by atoms with E-state index in [9.17, 15) is 9.90 Å². The van der Waals surface area contributed by atoms with Gasteiger partial charge in [0, 0.05) is 18.7 Å². The van der Waals surface area contributed by atoms with Gasteiger partial charge in [0.25, 0.3) is 5.91 Å². The predicted molar refractivity (Wildman–Crippen MR) is 87.4 cm³/mol. The number of β-amino-alcohol motifs (C(OH)–C–C–N with tert-alkyl or cyclic N) is 1. The van der Waals surface area contributed by atoms with Crippen LogP contribution in [-0.2, 0) is 5.60 Å². The molecule has 0 spiro atoms. The molecule has 1 atom stereocenters. The summed E-state index contributed by atoms with van der Waals surface area (Å²) in [5.74, 6) is -0.0934. The molecule has 1 saturated heterocycles. The minimum atomic E-state index is -1.14. The number of likely N-dealkylation sites (tertiary alicyclic amines) is 1. The summed E-state index contributed by atoms with van der Waals surface area (Å²) < 4.78 is 1.94. The fraction of sp³-hybridized carbons (Fsp3) is 0.625. The maximum atomic E-state index is 12.9. The maximum absolute atomic E-state index is 12.9. The van der Waals surface area contributed by atoms with E-state index in [1.54, 1.807) is 11.1 Å². The van der Waals surface area contributed by atoms with Gasteiger partial charge >= 0.3 is 0 Å². The summed E-state index contributed by atoms with van der Waals surface area (Å²) in [5.41, 5.74) is 0.821. The molecule has 0 saturated carbocycles. The summed E-state index contributed by atoms with van der Waals surface area (Å²) in [4.78, 5) is 14.5. The van der Waals surface area contributed by atoms with Crippen LogP contribution in [-0.4, -0.2) is 54.2 Å². The second-order valence-corrected chi connectivity index (χ2v) is 6.42. The molecule has 24 heavy (non-hydrogen) atoms. The zero-order valence-corrected chi connectivity index (χ0v) is 14.4. The zero-order chi connectivity index (χ0) is 17.3. The highest BCUT2D eigenvalue weighted by Gasteiger charge is 2.42. The molecule has 1 unspecified atom stereocenters. The van der Waals surface area contributed by atoms with Crippen LogP contribution >= 0.6 is 0 Å². The largest absolute Gasteiger partial charge is 0.381 e. The summed E-state index contributed by atoms with van der Waals surface area (Å²) >= 11 is 0. The number of aromatic nitrogens is 5. The zero-order valence-electron chi connectivity index (χ0n) is 14.4. The third-order valence-corrected chi connectivity index (χ3v) is 4.99. The predicted octanol–water partition coefficient (Wildman–Crippen LogP) is 1.40. The van der Waals surface area contributed by atoms with Crippen molar-refractivity contribution in [2.75, 3.05) is 13.1 Å². The molecule has 2 aromatic heterocycles. The molecule has 3 rings (SSSR count). The average molecular weight is 332 g/mol. The Bertz CT molecular complexity index is 706. The highest BCUT2D eigenvalue weighted by molar-refractivity contribution is 5.95. The number of hydrogen-bond donors (Lipinski definition) is 2. The Morgan fingerprint density at radius 3 is 2.79 bits per heavy atom. The highest BCUT2D eigenvalue weighted by atomic mass is 16.3. The molecule has 2 aromatic rings. The first-order valence-electron chi connectivity index (χ1n) is 8.42. The van der Waals surface area contributed by atoms with Crippen LogP contribution < -0.4 is 0 Å². The van der Waals surface area contributed by atoms with Crippen LogP contribution in [0.25, 0.3) is 0 Å². The number of aromatic amines is 1. The minimum Gasteiger partial charge on any atom is -0.381 e. The molecule has 0 bridgehead atoms. The Kier molecular flexibility index (Phi) is 4.40. The van der Waals surface area contributed by atoms with E-state index in [1.165, 1.54) is 6.20 Å². The van der Waals surface area contributed by atoms with E-state index >= 15 is 0 Å². The molecule has 1 aliphatic rings. The molecule has 1 aliphatic heterocycles. The summed E-state index contributed by atoms with van der Waals surface area (Å²) in [6, 6.07) is 0.303. The Labute approximate surface area is 140 Å². The van der Waals surface area contributed by atoms with Crippen LogP contribution in [0.1, 0.15) is 60.9 Å². The van der Waals surface area contributed by atoms with Gasteiger partial charge in [0.2, 0.25) is 0 Å². The van der Waals surface area contributed by atoms with Crippen molar-refractivity contribution in [3.8, 4) is 0 Å². The van der Waals surface area contributed by atoms with Crippen molar-refractivity contribution < 1.29 is 9.90 Å². The first-order valence-corrected chi connectivity index (χ1v) is 8.42. The van der Waals surface area contributed by atoms with Crippen molar-refractivity contribution in [2.24, 2.45) is 0 Å². The first kappa shape index (κ1) is 16.6. The van der Waals surface area contributed by atoms with Crippen LogP contribution in [0.15, 0.2) is 12.4 Å². The van der Waals surface area contributed by atoms with Crippen LogP contribution in [0, 0.1) is 6.92 Å². The molecule has 3 heterocycles. The summed E-state index contributed by atoms with van der Waals surface area (Å²) in [6.45, 7) is 6.87. The summed E-state index contributed by atoms with van der Waals surface area (Å²) in [5, 5.41) is 25.3. The molecule has 8 heteroatoms. The summed E-state index contributed by atoms with van der Waals surface area (Å²) in [7, 11) is 0. The fourth-order valence-electron chi connectivity index (χ4n) is 3.41. The van der Waals surface area contributed by atoms with Gasteiger partial charge in [0.1, 0.15) is 11.3 Å². The van der Waals surface area contributed by atoms with Crippen LogP contribution in [0.4, 0.5) is 0 Å². The second kappa shape index (κ2) is 6.35. The smallest absolute Gasteiger partial charge is 0.257 e. The van der Waals surface area contributed by atoms with Gasteiger partial charge in [-0.05, 0) is 19.8 Å². The van der Waals surface area contributed by atoms with E-state index in [0.29, 0.717) is 30.3 Å². The minimum absolute atomic E-state index is 0.0934. The quantitative estimate of drug-likeness (QED) is 0.862. The van der Waals surface area contributed by atoms with Gasteiger partial charge in [0.05, 0.1) is 30.5 Å². The van der Waals surface area contributed by atoms with Gasteiger partial charge in [-0.15, -0.1) is 0 Å². The Balaban J connectivity index is 1.79. The Hall–Kier alpha value is -2.22. The van der Waals surface area contributed by atoms with Crippen molar-refractivity contribution in [1.82, 2.24) is 30.1 Å². The van der Waals surface area contributed by atoms with Crippen molar-refractivity contribution in [3.05, 3.63) is 29.3 Å². The lowest BCUT2D eigenvalue weighted by molar-refractivity contribution is 0.0382. The van der Waals surface area contributed by atoms with E-state index < -0.39 is 5.60 Å². The van der Waals surface area contributed by atoms with Gasteiger partial charge in [-0.3, -0.25) is 9.48 Å². The lowest BCUT2D eigenvalue weighted by Crippen LogP contribution is -2.35. The monoisotopic (exact) mass is 332 g/mol. The van der Waals surface area contributed by atoms with E-state index in [-0.39, 0.29) is 12.5 Å². The number of carbonyl (C=O) groups is 1. The normalized spacial score (nSPS) is 21.0. The number of carbonyl (C=O) groups excluding carboxylic acids is 1. The van der Waals surface area contributed by atoms with Crippen molar-refractivity contribution in [2.45, 2.75) is 51.7 Å². The number of rotatable bonds is 5. The van der Waals surface area contributed by atoms with E-state index in [0.717, 1.165) is 18.5 Å². The lowest BCUT2D eigenvalue weighted by atomic mass is 10.00. The van der Waals surface area contributed by atoms with Crippen molar-refractivity contribution >= 4 is 5.91 Å². The van der Waals surface area contributed by atoms with Gasteiger partial charge in [-0.25, -0.2) is 0 Å². The highest BCUT2D eigenvalue weighted by Crippen LogP contribution is 2.31. The van der Waals surface area contributed by atoms with E-state index in [4.69, 9.17) is 0 Å². The number of hydrogen-bond acceptors (Lipinski definition) is 5. The van der Waals surface area contributed by atoms with Crippen molar-refractivity contribution in [1.29, 1.82) is 0 Å². The van der Waals surface area contributed by atoms with Gasteiger partial charge in [0.15, 0.2) is 0 Å². The van der Waals surface area contributed by atoms with Crippen LogP contribution in [0.2, 0.25) is 0 Å². The number of H-pyrrole nitrogens is 1. The number of nitrogens with one attached hydrogen (secondary N) is 1. The molecule has 0 aliphatic carbocycles. The topological polar surface area (TPSA) is 99.9 Å². The standard InChI is InChI=1S/C16H24N6O2/c1-4-12(5-2)22-11(3)13(8-18-22)15(23)21-7-6-16(24,10-21)14-9-17-20-19-14/h8-9,12,24H,4-7,10H2,1-3H3,(H,17,19,20). The Morgan fingerprint density at radius 1 is 1.42 bits per heavy atom. The van der Waals surface area contributed by atoms with Gasteiger partial charge in [-0.2, -0.15) is 20.5 Å². The van der Waals surface area contributed by atoms with E-state index in [1.807, 2.05) is 11.6 Å². The molecule has 8 nitrogen and oxygen atoms in total. The van der Waals surface area contributed by atoms with E-state index in [2.05, 4.69) is 34.4 Å². The lowest BCUT2D eigenvalue weighted by Gasteiger charge is -2.21. The third-order valence-electron chi connectivity index (χ3n) is 4.99. The SMILES string of the molecule is CCC(CC)n1ncc(C(=O)N2CCC(O)(c3cn[nH]n3)C2)c1C. The molecule has 2 N–H and O–H groups in total. The average Bonchev–Trinajstić information content (AvgIpc) is 3.29. The summed E-state index contributed by atoms with van der Waals surface area (Å²) in [6.07, 6.45) is 5.55. The van der Waals surface area contributed by atoms with Gasteiger partial charge in [-0.1, -0.05) is 13.8 Å². The molecule has 0 aromatic carbocycles. The molecule has 130 valence electrons. The number of nitrogens with zero attached hydrogens (tertiary/aromatic N) is 5. The number of amides is 1. The molecule has 1 fully saturated rings. The van der Waals surface area contributed by atoms with Gasteiger partial charge < -0.3 is 10.0 Å². The number of aliphatic hydroxyl groups is 1. The molecule has 1 amide bonds. The van der Waals surface area contributed by atoms with Crippen LogP contribution in [0.3, 0.4) is 0 Å². The maximum Gasteiger partial charge on any atom is 0.257 e. The fourth-order valence-corrected chi connectivity index (χ4v) is 3.41. The first-order chi connectivity index (χ1) is 11.5. The Morgan fingerprint density at radius 2 is 2.17 bits per heavy atom. The van der Waals surface area contributed by atoms with Crippen LogP contribution in [0.5, 0.6) is 0 Å². The van der Waals surface area contributed by atoms with Crippen molar-refractivity contribution in [3.63, 3.8) is 0 Å². The molecule has 0 radical (unpaired) electrons. The second-order valence-electron chi connectivity index (χ2n) is 6.42. The molecular formula is C16H24N6O2. The third kappa shape index (κ3) is 2.71. The molecular weight excluding hydrogens is 308 g/mol.